The van der Waals surface area contributed by atoms with E-state index in [0.29, 0.717) is 11.8 Å². The molecule has 3 aliphatic rings. The topological polar surface area (TPSA) is 43.4 Å². The van der Waals surface area contributed by atoms with E-state index in [0.717, 1.165) is 29.5 Å². The van der Waals surface area contributed by atoms with E-state index in [1.807, 2.05) is 13.8 Å². The molecular weight excluding hydrogens is 336 g/mol. The van der Waals surface area contributed by atoms with Gasteiger partial charge < -0.3 is 4.74 Å². The van der Waals surface area contributed by atoms with Gasteiger partial charge in [0.1, 0.15) is 5.92 Å². The maximum absolute atomic E-state index is 13.4. The lowest BCUT2D eigenvalue weighted by Crippen LogP contribution is -2.35. The highest BCUT2D eigenvalue weighted by Crippen LogP contribution is 2.55. The molecule has 1 aromatic rings. The van der Waals surface area contributed by atoms with Crippen molar-refractivity contribution in [2.24, 2.45) is 23.7 Å². The van der Waals surface area contributed by atoms with Crippen molar-refractivity contribution in [1.82, 2.24) is 0 Å². The molecule has 2 bridgehead atoms. The average molecular weight is 369 g/mol. The number of rotatable bonds is 5. The molecule has 27 heavy (non-hydrogen) atoms. The molecule has 1 aromatic carbocycles. The standard InChI is InChI=1S/C24H32O3/c1-12(2)7-6-8-16-11-17-19-21(24(16)27-17)23(26)20(22(19)25)18-14(4)9-13(3)10-15(18)5/h9-10,12,16-17,19-21,24H,6-8,11H2,1-5H3/t16-,17+,19+,20?,21-,24-/m1/s1. The van der Waals surface area contributed by atoms with Gasteiger partial charge in [-0.05, 0) is 62.1 Å². The van der Waals surface area contributed by atoms with Gasteiger partial charge in [0, 0.05) is 0 Å². The second kappa shape index (κ2) is 6.84. The van der Waals surface area contributed by atoms with Crippen molar-refractivity contribution in [1.29, 1.82) is 0 Å². The van der Waals surface area contributed by atoms with Gasteiger partial charge in [0.2, 0.25) is 0 Å². The fourth-order valence-electron chi connectivity index (χ4n) is 6.07. The third-order valence-corrected chi connectivity index (χ3v) is 7.08. The van der Waals surface area contributed by atoms with Gasteiger partial charge in [-0.25, -0.2) is 0 Å². The fourth-order valence-corrected chi connectivity index (χ4v) is 6.07. The van der Waals surface area contributed by atoms with Crippen LogP contribution in [-0.4, -0.2) is 23.8 Å². The Morgan fingerprint density at radius 1 is 1.04 bits per heavy atom. The number of Topliss-reactive ketones (excluding diaryl/α,β-unsaturated/α-hetero) is 2. The molecule has 0 amide bonds. The number of hydrogen-bond donors (Lipinski definition) is 0. The van der Waals surface area contributed by atoms with Crippen molar-refractivity contribution in [2.45, 2.75) is 78.4 Å². The Balaban J connectivity index is 1.58. The first kappa shape index (κ1) is 18.9. The lowest BCUT2D eigenvalue weighted by Gasteiger charge is -2.26. The van der Waals surface area contributed by atoms with E-state index in [1.54, 1.807) is 0 Å². The summed E-state index contributed by atoms with van der Waals surface area (Å²) in [5, 5.41) is 0. The van der Waals surface area contributed by atoms with E-state index in [1.165, 1.54) is 18.4 Å². The lowest BCUT2D eigenvalue weighted by atomic mass is 9.73. The monoisotopic (exact) mass is 368 g/mol. The summed E-state index contributed by atoms with van der Waals surface area (Å²) in [6.45, 7) is 10.6. The molecule has 2 aliphatic heterocycles. The number of carbonyl (C=O) groups excluding carboxylic acids is 2. The molecule has 1 unspecified atom stereocenters. The Labute approximate surface area is 162 Å². The Morgan fingerprint density at radius 3 is 2.30 bits per heavy atom. The first-order valence-corrected chi connectivity index (χ1v) is 10.6. The van der Waals surface area contributed by atoms with Gasteiger partial charge >= 0.3 is 0 Å². The quantitative estimate of drug-likeness (QED) is 0.708. The van der Waals surface area contributed by atoms with Crippen molar-refractivity contribution in [3.8, 4) is 0 Å². The minimum Gasteiger partial charge on any atom is -0.373 e. The molecule has 146 valence electrons. The van der Waals surface area contributed by atoms with Crippen LogP contribution in [0.15, 0.2) is 12.1 Å². The van der Waals surface area contributed by atoms with Crippen molar-refractivity contribution in [3.63, 3.8) is 0 Å². The number of ether oxygens (including phenoxy) is 1. The second-order valence-electron chi connectivity index (χ2n) is 9.56. The summed E-state index contributed by atoms with van der Waals surface area (Å²) in [6, 6.07) is 4.19. The minimum atomic E-state index is -0.566. The molecule has 1 saturated carbocycles. The molecule has 3 nitrogen and oxygen atoms in total. The minimum absolute atomic E-state index is 0.0281. The largest absolute Gasteiger partial charge is 0.373 e. The van der Waals surface area contributed by atoms with Crippen LogP contribution in [0.4, 0.5) is 0 Å². The lowest BCUT2D eigenvalue weighted by molar-refractivity contribution is -0.127. The Kier molecular flexibility index (Phi) is 4.78. The van der Waals surface area contributed by atoms with Gasteiger partial charge in [0.15, 0.2) is 11.6 Å². The van der Waals surface area contributed by atoms with Crippen LogP contribution in [0.5, 0.6) is 0 Å². The number of carbonyl (C=O) groups is 2. The van der Waals surface area contributed by atoms with Crippen LogP contribution >= 0.6 is 0 Å². The molecule has 4 rings (SSSR count). The summed E-state index contributed by atoms with van der Waals surface area (Å²) >= 11 is 0. The summed E-state index contributed by atoms with van der Waals surface area (Å²) in [5.74, 6) is 0.437. The number of ketones is 2. The first-order chi connectivity index (χ1) is 12.8. The highest BCUT2D eigenvalue weighted by molar-refractivity contribution is 6.17. The van der Waals surface area contributed by atoms with Gasteiger partial charge in [0.05, 0.1) is 24.0 Å². The van der Waals surface area contributed by atoms with Gasteiger partial charge in [0.25, 0.3) is 0 Å². The van der Waals surface area contributed by atoms with E-state index in [2.05, 4.69) is 32.9 Å². The van der Waals surface area contributed by atoms with E-state index >= 15 is 0 Å². The zero-order chi connectivity index (χ0) is 19.5. The third kappa shape index (κ3) is 2.99. The van der Waals surface area contributed by atoms with Gasteiger partial charge in [-0.1, -0.05) is 44.4 Å². The molecule has 1 aliphatic carbocycles. The maximum Gasteiger partial charge on any atom is 0.154 e. The number of aryl methyl sites for hydroxylation is 3. The molecular formula is C24H32O3. The van der Waals surface area contributed by atoms with Crippen LogP contribution in [-0.2, 0) is 14.3 Å². The SMILES string of the molecule is Cc1cc(C)c(C2C(=O)[C@@H]3[C@@H]4O[C@@H](C[C@H]4CCCC(C)C)[C@@H]3C2=O)c(C)c1. The number of benzene rings is 1. The Hall–Kier alpha value is -1.48. The highest BCUT2D eigenvalue weighted by Gasteiger charge is 2.65. The number of fused-ring (bicyclic) bond motifs is 5. The molecule has 0 aromatic heterocycles. The summed E-state index contributed by atoms with van der Waals surface area (Å²) in [5.41, 5.74) is 4.28. The Bertz CT molecular complexity index is 755. The summed E-state index contributed by atoms with van der Waals surface area (Å²) in [4.78, 5) is 26.7. The Morgan fingerprint density at radius 2 is 1.67 bits per heavy atom. The molecule has 0 spiro atoms. The molecule has 0 N–H and O–H groups in total. The van der Waals surface area contributed by atoms with Crippen molar-refractivity contribution in [3.05, 3.63) is 34.4 Å². The first-order valence-electron chi connectivity index (χ1n) is 10.6. The van der Waals surface area contributed by atoms with Crippen molar-refractivity contribution < 1.29 is 14.3 Å². The normalized spacial score (nSPS) is 34.7. The smallest absolute Gasteiger partial charge is 0.154 e. The average Bonchev–Trinajstić information content (AvgIpc) is 3.20. The van der Waals surface area contributed by atoms with Crippen LogP contribution in [0.25, 0.3) is 0 Å². The van der Waals surface area contributed by atoms with E-state index in [9.17, 15) is 9.59 Å². The zero-order valence-corrected chi connectivity index (χ0v) is 17.2. The molecule has 2 heterocycles. The zero-order valence-electron chi connectivity index (χ0n) is 17.2. The van der Waals surface area contributed by atoms with Gasteiger partial charge in [-0.2, -0.15) is 0 Å². The second-order valence-corrected chi connectivity index (χ2v) is 9.56. The molecule has 6 atom stereocenters. The van der Waals surface area contributed by atoms with E-state index in [4.69, 9.17) is 4.74 Å². The summed E-state index contributed by atoms with van der Waals surface area (Å²) in [6.07, 6.45) is 4.43. The number of hydrogen-bond acceptors (Lipinski definition) is 3. The van der Waals surface area contributed by atoms with Gasteiger partial charge in [-0.3, -0.25) is 9.59 Å². The highest BCUT2D eigenvalue weighted by atomic mass is 16.5. The molecule has 3 fully saturated rings. The summed E-state index contributed by atoms with van der Waals surface area (Å²) in [7, 11) is 0. The van der Waals surface area contributed by atoms with Crippen molar-refractivity contribution in [2.75, 3.05) is 0 Å². The summed E-state index contributed by atoms with van der Waals surface area (Å²) < 4.78 is 6.17. The van der Waals surface area contributed by atoms with Crippen LogP contribution in [0.1, 0.15) is 67.7 Å². The van der Waals surface area contributed by atoms with Crippen LogP contribution in [0.3, 0.4) is 0 Å². The predicted molar refractivity (Wildman–Crippen MR) is 106 cm³/mol. The van der Waals surface area contributed by atoms with Gasteiger partial charge in [-0.15, -0.1) is 0 Å². The third-order valence-electron chi connectivity index (χ3n) is 7.08. The maximum atomic E-state index is 13.4. The van der Waals surface area contributed by atoms with Crippen LogP contribution in [0.2, 0.25) is 0 Å². The van der Waals surface area contributed by atoms with E-state index in [-0.39, 0.29) is 35.6 Å². The molecule has 3 heteroatoms. The van der Waals surface area contributed by atoms with Crippen LogP contribution < -0.4 is 0 Å². The van der Waals surface area contributed by atoms with Crippen molar-refractivity contribution >= 4 is 11.6 Å². The fraction of sp³-hybridized carbons (Fsp3) is 0.667. The van der Waals surface area contributed by atoms with Crippen LogP contribution in [0, 0.1) is 44.4 Å². The predicted octanol–water partition coefficient (Wildman–Crippen LogP) is 4.69. The molecule has 2 saturated heterocycles. The van der Waals surface area contributed by atoms with E-state index < -0.39 is 5.92 Å². The molecule has 0 radical (unpaired) electrons.